The van der Waals surface area contributed by atoms with Gasteiger partial charge < -0.3 is 9.64 Å². The van der Waals surface area contributed by atoms with E-state index in [9.17, 15) is 9.59 Å². The van der Waals surface area contributed by atoms with Crippen molar-refractivity contribution in [3.05, 3.63) is 53.2 Å². The molecule has 0 radical (unpaired) electrons. The molecule has 9 nitrogen and oxygen atoms in total. The lowest BCUT2D eigenvalue weighted by Crippen LogP contribution is -2.36. The lowest BCUT2D eigenvalue weighted by atomic mass is 10.2. The van der Waals surface area contributed by atoms with Crippen molar-refractivity contribution in [3.63, 3.8) is 0 Å². The zero-order chi connectivity index (χ0) is 22.6. The number of hydrogen-bond acceptors (Lipinski definition) is 5. The summed E-state index contributed by atoms with van der Waals surface area (Å²) in [5.74, 6) is 0. The summed E-state index contributed by atoms with van der Waals surface area (Å²) in [6.07, 6.45) is 3.99. The van der Waals surface area contributed by atoms with Gasteiger partial charge >= 0.3 is 11.8 Å². The van der Waals surface area contributed by atoms with Gasteiger partial charge in [0.15, 0.2) is 5.65 Å². The third-order valence-electron chi connectivity index (χ3n) is 5.82. The van der Waals surface area contributed by atoms with E-state index in [1.165, 1.54) is 0 Å². The standard InChI is InChI=1S/C23H26N6O3/c1-23(2,3)32-22(31)27-12-10-15(14-27)29-20-19(26(4)21(29)30)9-8-17(25-20)16-13-24-28-11-6-5-7-18(16)28/h5-9,11,13,15H,10,12,14H2,1-4H3. The maximum absolute atomic E-state index is 13.1. The second-order valence-corrected chi connectivity index (χ2v) is 9.21. The number of hydrogen-bond donors (Lipinski definition) is 0. The van der Waals surface area contributed by atoms with E-state index in [0.29, 0.717) is 25.2 Å². The summed E-state index contributed by atoms with van der Waals surface area (Å²) in [4.78, 5) is 32.2. The maximum Gasteiger partial charge on any atom is 0.410 e. The molecule has 4 aromatic rings. The van der Waals surface area contributed by atoms with Crippen LogP contribution in [0.25, 0.3) is 27.9 Å². The molecule has 32 heavy (non-hydrogen) atoms. The van der Waals surface area contributed by atoms with E-state index in [1.54, 1.807) is 31.8 Å². The Hall–Kier alpha value is -3.62. The van der Waals surface area contributed by atoms with E-state index in [0.717, 1.165) is 22.3 Å². The average molecular weight is 435 g/mol. The number of aryl methyl sites for hydroxylation is 1. The van der Waals surface area contributed by atoms with Gasteiger partial charge in [-0.2, -0.15) is 5.10 Å². The Balaban J connectivity index is 1.54. The van der Waals surface area contributed by atoms with Crippen molar-refractivity contribution in [1.29, 1.82) is 0 Å². The van der Waals surface area contributed by atoms with Crippen molar-refractivity contribution in [2.75, 3.05) is 13.1 Å². The molecule has 0 N–H and O–H groups in total. The number of pyridine rings is 2. The van der Waals surface area contributed by atoms with Crippen LogP contribution >= 0.6 is 0 Å². The Morgan fingerprint density at radius 1 is 1.16 bits per heavy atom. The number of aromatic nitrogens is 5. The zero-order valence-electron chi connectivity index (χ0n) is 18.6. The summed E-state index contributed by atoms with van der Waals surface area (Å²) in [6, 6.07) is 9.54. The number of nitrogens with zero attached hydrogens (tertiary/aromatic N) is 6. The minimum absolute atomic E-state index is 0.138. The van der Waals surface area contributed by atoms with Crippen LogP contribution in [0.15, 0.2) is 47.5 Å². The number of rotatable bonds is 2. The number of ether oxygens (including phenoxy) is 1. The van der Waals surface area contributed by atoms with Crippen LogP contribution in [-0.4, -0.2) is 53.4 Å². The van der Waals surface area contributed by atoms with Crippen LogP contribution in [0.4, 0.5) is 4.79 Å². The summed E-state index contributed by atoms with van der Waals surface area (Å²) < 4.78 is 10.6. The van der Waals surface area contributed by atoms with Gasteiger partial charge in [-0.3, -0.25) is 9.13 Å². The van der Waals surface area contributed by atoms with Crippen LogP contribution in [0.3, 0.4) is 0 Å². The van der Waals surface area contributed by atoms with Crippen molar-refractivity contribution < 1.29 is 9.53 Å². The molecule has 0 aromatic carbocycles. The van der Waals surface area contributed by atoms with E-state index in [1.807, 2.05) is 57.3 Å². The van der Waals surface area contributed by atoms with Crippen LogP contribution < -0.4 is 5.69 Å². The van der Waals surface area contributed by atoms with Gasteiger partial charge in [-0.1, -0.05) is 6.07 Å². The quantitative estimate of drug-likeness (QED) is 0.483. The molecule has 1 aliphatic heterocycles. The number of imidazole rings is 1. The number of carbonyl (C=O) groups excluding carboxylic acids is 1. The molecule has 1 aliphatic rings. The van der Waals surface area contributed by atoms with Crippen molar-refractivity contribution >= 4 is 22.8 Å². The molecule has 5 heterocycles. The molecule has 1 saturated heterocycles. The summed E-state index contributed by atoms with van der Waals surface area (Å²) in [5, 5.41) is 4.40. The molecule has 1 fully saturated rings. The SMILES string of the molecule is Cn1c(=O)n(C2CCN(C(=O)OC(C)(C)C)C2)c2nc(-c3cnn4ccccc34)ccc21. The van der Waals surface area contributed by atoms with E-state index in [4.69, 9.17) is 9.72 Å². The van der Waals surface area contributed by atoms with Crippen molar-refractivity contribution in [2.45, 2.75) is 38.8 Å². The largest absolute Gasteiger partial charge is 0.444 e. The molecule has 0 saturated carbocycles. The van der Waals surface area contributed by atoms with Crippen LogP contribution in [0.1, 0.15) is 33.2 Å². The highest BCUT2D eigenvalue weighted by Crippen LogP contribution is 2.28. The predicted molar refractivity (Wildman–Crippen MR) is 121 cm³/mol. The van der Waals surface area contributed by atoms with Crippen molar-refractivity contribution in [3.8, 4) is 11.3 Å². The Bertz CT molecular complexity index is 1390. The number of amides is 1. The maximum atomic E-state index is 13.1. The van der Waals surface area contributed by atoms with E-state index in [2.05, 4.69) is 5.10 Å². The predicted octanol–water partition coefficient (Wildman–Crippen LogP) is 3.23. The molecule has 0 spiro atoms. The zero-order valence-corrected chi connectivity index (χ0v) is 18.6. The molecule has 5 rings (SSSR count). The first-order valence-electron chi connectivity index (χ1n) is 10.7. The Kier molecular flexibility index (Phi) is 4.58. The van der Waals surface area contributed by atoms with Gasteiger partial charge in [-0.05, 0) is 51.5 Å². The number of fused-ring (bicyclic) bond motifs is 2. The molecule has 1 unspecified atom stereocenters. The highest BCUT2D eigenvalue weighted by molar-refractivity contribution is 5.82. The minimum Gasteiger partial charge on any atom is -0.444 e. The second kappa shape index (κ2) is 7.22. The smallest absolute Gasteiger partial charge is 0.410 e. The summed E-state index contributed by atoms with van der Waals surface area (Å²) in [7, 11) is 1.75. The fourth-order valence-corrected chi connectivity index (χ4v) is 4.29. The van der Waals surface area contributed by atoms with Crippen molar-refractivity contribution in [1.82, 2.24) is 28.6 Å². The highest BCUT2D eigenvalue weighted by atomic mass is 16.6. The van der Waals surface area contributed by atoms with Crippen LogP contribution in [0, 0.1) is 0 Å². The average Bonchev–Trinajstić information content (AvgIpc) is 3.44. The van der Waals surface area contributed by atoms with Gasteiger partial charge in [0.2, 0.25) is 0 Å². The van der Waals surface area contributed by atoms with Crippen LogP contribution in [0.5, 0.6) is 0 Å². The Morgan fingerprint density at radius 2 is 1.97 bits per heavy atom. The van der Waals surface area contributed by atoms with Crippen molar-refractivity contribution in [2.24, 2.45) is 7.05 Å². The molecule has 166 valence electrons. The third-order valence-corrected chi connectivity index (χ3v) is 5.82. The topological polar surface area (TPSA) is 86.7 Å². The van der Waals surface area contributed by atoms with Gasteiger partial charge in [0.25, 0.3) is 0 Å². The van der Waals surface area contributed by atoms with Crippen LogP contribution in [-0.2, 0) is 11.8 Å². The molecule has 1 atom stereocenters. The highest BCUT2D eigenvalue weighted by Gasteiger charge is 2.33. The van der Waals surface area contributed by atoms with E-state index < -0.39 is 5.60 Å². The van der Waals surface area contributed by atoms with Gasteiger partial charge in [-0.15, -0.1) is 0 Å². The minimum atomic E-state index is -0.559. The van der Waals surface area contributed by atoms with Gasteiger partial charge in [-0.25, -0.2) is 19.1 Å². The fourth-order valence-electron chi connectivity index (χ4n) is 4.29. The molecule has 1 amide bonds. The normalized spacial score (nSPS) is 16.9. The fraction of sp³-hybridized carbons (Fsp3) is 0.391. The van der Waals surface area contributed by atoms with Gasteiger partial charge in [0, 0.05) is 31.9 Å². The molecule has 0 aliphatic carbocycles. The van der Waals surface area contributed by atoms with E-state index in [-0.39, 0.29) is 17.8 Å². The van der Waals surface area contributed by atoms with E-state index >= 15 is 0 Å². The Morgan fingerprint density at radius 3 is 2.75 bits per heavy atom. The lowest BCUT2D eigenvalue weighted by Gasteiger charge is -2.24. The lowest BCUT2D eigenvalue weighted by molar-refractivity contribution is 0.0289. The molecule has 0 bridgehead atoms. The molecular formula is C23H26N6O3. The molecule has 9 heteroatoms. The molecular weight excluding hydrogens is 408 g/mol. The monoisotopic (exact) mass is 434 g/mol. The van der Waals surface area contributed by atoms with Gasteiger partial charge in [0.05, 0.1) is 29.0 Å². The third kappa shape index (κ3) is 3.34. The Labute approximate surface area is 184 Å². The number of carbonyl (C=O) groups is 1. The second-order valence-electron chi connectivity index (χ2n) is 9.21. The molecule has 4 aromatic heterocycles. The first-order chi connectivity index (χ1) is 15.2. The van der Waals surface area contributed by atoms with Gasteiger partial charge in [0.1, 0.15) is 5.60 Å². The summed E-state index contributed by atoms with van der Waals surface area (Å²) in [5.41, 5.74) is 3.27. The summed E-state index contributed by atoms with van der Waals surface area (Å²) in [6.45, 7) is 6.49. The van der Waals surface area contributed by atoms with Crippen LogP contribution in [0.2, 0.25) is 0 Å². The first kappa shape index (κ1) is 20.3. The first-order valence-corrected chi connectivity index (χ1v) is 10.7. The summed E-state index contributed by atoms with van der Waals surface area (Å²) >= 11 is 0. The number of likely N-dealkylation sites (tertiary alicyclic amines) is 1.